The molecule has 34 heavy (non-hydrogen) atoms. The van der Waals surface area contributed by atoms with Crippen molar-refractivity contribution >= 4 is 38.4 Å². The standard InChI is InChI=1S/C26H24N2O5S/c1-31-18-12-11-14(13-19(18)32-2)22-21-23(29)15-7-3-5-9-17(15)33-24(21)25(30)28(22)26-27-16-8-4-6-10-20(16)34-26/h4,6,8,10-13,15,17,22H,3,5,7,9H2,1-2H3. The highest BCUT2D eigenvalue weighted by atomic mass is 32.1. The summed E-state index contributed by atoms with van der Waals surface area (Å²) in [6.07, 6.45) is 3.35. The van der Waals surface area contributed by atoms with Gasteiger partial charge < -0.3 is 14.2 Å². The van der Waals surface area contributed by atoms with Gasteiger partial charge >= 0.3 is 0 Å². The van der Waals surface area contributed by atoms with E-state index in [-0.39, 0.29) is 29.5 Å². The van der Waals surface area contributed by atoms with Crippen LogP contribution in [-0.4, -0.2) is 37.0 Å². The molecule has 0 radical (unpaired) electrons. The second-order valence-electron chi connectivity index (χ2n) is 8.81. The third kappa shape index (κ3) is 3.12. The molecule has 7 nitrogen and oxygen atoms in total. The minimum absolute atomic E-state index is 0.0164. The highest BCUT2D eigenvalue weighted by Crippen LogP contribution is 2.50. The molecule has 3 aliphatic rings. The number of hydrogen-bond acceptors (Lipinski definition) is 7. The van der Waals surface area contributed by atoms with Gasteiger partial charge in [-0.3, -0.25) is 14.5 Å². The summed E-state index contributed by atoms with van der Waals surface area (Å²) in [5, 5.41) is 0.541. The number of nitrogens with zero attached hydrogens (tertiary/aromatic N) is 2. The molecule has 1 amide bonds. The van der Waals surface area contributed by atoms with E-state index in [4.69, 9.17) is 19.2 Å². The number of carbonyl (C=O) groups excluding carboxylic acids is 2. The Kier molecular flexibility index (Phi) is 5.06. The van der Waals surface area contributed by atoms with Crippen LogP contribution in [0.3, 0.4) is 0 Å². The number of methoxy groups -OCH3 is 2. The Labute approximate surface area is 200 Å². The summed E-state index contributed by atoms with van der Waals surface area (Å²) in [4.78, 5) is 34.0. The Morgan fingerprint density at radius 2 is 1.82 bits per heavy atom. The Morgan fingerprint density at radius 1 is 1.03 bits per heavy atom. The molecule has 0 spiro atoms. The molecule has 3 atom stereocenters. The lowest BCUT2D eigenvalue weighted by Gasteiger charge is -2.35. The molecule has 1 saturated carbocycles. The highest BCUT2D eigenvalue weighted by Gasteiger charge is 2.53. The van der Waals surface area contributed by atoms with E-state index >= 15 is 0 Å². The fourth-order valence-corrected chi connectivity index (χ4v) is 6.34. The molecule has 1 aliphatic carbocycles. The summed E-state index contributed by atoms with van der Waals surface area (Å²) in [7, 11) is 3.14. The molecule has 6 rings (SSSR count). The molecule has 2 aliphatic heterocycles. The van der Waals surface area contributed by atoms with Crippen LogP contribution in [-0.2, 0) is 14.3 Å². The van der Waals surface area contributed by atoms with E-state index < -0.39 is 6.04 Å². The summed E-state index contributed by atoms with van der Waals surface area (Å²) in [5.74, 6) is 0.778. The second-order valence-corrected chi connectivity index (χ2v) is 9.82. The van der Waals surface area contributed by atoms with Crippen molar-refractivity contribution < 1.29 is 23.8 Å². The van der Waals surface area contributed by atoms with Gasteiger partial charge in [0.2, 0.25) is 0 Å². The number of para-hydroxylation sites is 1. The van der Waals surface area contributed by atoms with E-state index in [2.05, 4.69) is 0 Å². The fraction of sp³-hybridized carbons (Fsp3) is 0.346. The predicted octanol–water partition coefficient (Wildman–Crippen LogP) is 4.81. The number of benzene rings is 2. The zero-order chi connectivity index (χ0) is 23.4. The van der Waals surface area contributed by atoms with E-state index in [0.717, 1.165) is 41.5 Å². The number of hydrogen-bond donors (Lipinski definition) is 0. The first-order valence-electron chi connectivity index (χ1n) is 11.5. The third-order valence-electron chi connectivity index (χ3n) is 6.98. The van der Waals surface area contributed by atoms with Gasteiger partial charge in [-0.15, -0.1) is 0 Å². The maximum Gasteiger partial charge on any atom is 0.296 e. The van der Waals surface area contributed by atoms with Gasteiger partial charge in [-0.05, 0) is 49.1 Å². The normalized spacial score (nSPS) is 24.2. The van der Waals surface area contributed by atoms with Crippen molar-refractivity contribution in [3.8, 4) is 11.5 Å². The average Bonchev–Trinajstić information content (AvgIpc) is 3.42. The first-order chi connectivity index (χ1) is 16.6. The molecule has 3 unspecified atom stereocenters. The van der Waals surface area contributed by atoms with Gasteiger partial charge in [0.25, 0.3) is 5.91 Å². The number of thiazole rings is 1. The number of fused-ring (bicyclic) bond motifs is 2. The Balaban J connectivity index is 1.53. The van der Waals surface area contributed by atoms with Crippen molar-refractivity contribution in [3.05, 3.63) is 59.4 Å². The minimum atomic E-state index is -0.641. The van der Waals surface area contributed by atoms with E-state index in [1.54, 1.807) is 25.2 Å². The largest absolute Gasteiger partial charge is 0.493 e. The lowest BCUT2D eigenvalue weighted by atomic mass is 9.77. The number of aromatic nitrogens is 1. The summed E-state index contributed by atoms with van der Waals surface area (Å²) in [6.45, 7) is 0. The minimum Gasteiger partial charge on any atom is -0.493 e. The van der Waals surface area contributed by atoms with E-state index in [1.807, 2.05) is 36.4 Å². The molecule has 174 valence electrons. The first-order valence-corrected chi connectivity index (χ1v) is 12.3. The molecule has 1 fully saturated rings. The second kappa shape index (κ2) is 8.13. The number of amides is 1. The van der Waals surface area contributed by atoms with Crippen LogP contribution in [0.4, 0.5) is 5.13 Å². The van der Waals surface area contributed by atoms with E-state index in [0.29, 0.717) is 22.2 Å². The molecule has 3 heterocycles. The van der Waals surface area contributed by atoms with Crippen LogP contribution < -0.4 is 14.4 Å². The van der Waals surface area contributed by atoms with Crippen molar-refractivity contribution in [2.75, 3.05) is 19.1 Å². The smallest absolute Gasteiger partial charge is 0.296 e. The van der Waals surface area contributed by atoms with E-state index in [9.17, 15) is 9.59 Å². The Morgan fingerprint density at radius 3 is 2.62 bits per heavy atom. The summed E-state index contributed by atoms with van der Waals surface area (Å²) >= 11 is 1.43. The fourth-order valence-electron chi connectivity index (χ4n) is 5.34. The van der Waals surface area contributed by atoms with Crippen molar-refractivity contribution in [3.63, 3.8) is 0 Å². The van der Waals surface area contributed by atoms with E-state index in [1.165, 1.54) is 11.3 Å². The highest BCUT2D eigenvalue weighted by molar-refractivity contribution is 7.22. The summed E-state index contributed by atoms with van der Waals surface area (Å²) < 4.78 is 18.2. The molecule has 8 heteroatoms. The monoisotopic (exact) mass is 476 g/mol. The zero-order valence-electron chi connectivity index (χ0n) is 18.9. The van der Waals surface area contributed by atoms with Crippen LogP contribution in [0.25, 0.3) is 10.2 Å². The molecule has 0 N–H and O–H groups in total. The maximum absolute atomic E-state index is 13.8. The predicted molar refractivity (Wildman–Crippen MR) is 128 cm³/mol. The van der Waals surface area contributed by atoms with Gasteiger partial charge in [-0.1, -0.05) is 36.0 Å². The van der Waals surface area contributed by atoms with Gasteiger partial charge in [0.05, 0.1) is 42.0 Å². The van der Waals surface area contributed by atoms with Crippen molar-refractivity contribution in [2.24, 2.45) is 5.92 Å². The number of anilines is 1. The number of carbonyl (C=O) groups is 2. The number of Topliss-reactive ketones (excluding diaryl/α,β-unsaturated/α-hetero) is 1. The first kappa shape index (κ1) is 21.2. The maximum atomic E-state index is 13.8. The van der Waals surface area contributed by atoms with Gasteiger partial charge in [0, 0.05) is 0 Å². The van der Waals surface area contributed by atoms with Gasteiger partial charge in [0.1, 0.15) is 6.10 Å². The van der Waals surface area contributed by atoms with Gasteiger partial charge in [-0.25, -0.2) is 4.98 Å². The van der Waals surface area contributed by atoms with Crippen LogP contribution in [0.15, 0.2) is 53.8 Å². The lowest BCUT2D eigenvalue weighted by Crippen LogP contribution is -2.39. The van der Waals surface area contributed by atoms with Crippen LogP contribution >= 0.6 is 11.3 Å². The number of ketones is 1. The lowest BCUT2D eigenvalue weighted by molar-refractivity contribution is -0.131. The Bertz CT molecular complexity index is 1310. The van der Waals surface area contributed by atoms with Gasteiger partial charge in [-0.2, -0.15) is 0 Å². The SMILES string of the molecule is COc1ccc(C2C3=C(OC4CCCCC4C3=O)C(=O)N2c2nc3ccccc3s2)cc1OC. The molecule has 2 aromatic carbocycles. The summed E-state index contributed by atoms with van der Waals surface area (Å²) in [6, 6.07) is 12.6. The molecule has 0 saturated heterocycles. The van der Waals surface area contributed by atoms with Crippen LogP contribution in [0.5, 0.6) is 11.5 Å². The number of ether oxygens (including phenoxy) is 3. The topological polar surface area (TPSA) is 78.0 Å². The molecule has 0 bridgehead atoms. The molecular formula is C26H24N2O5S. The van der Waals surface area contributed by atoms with Crippen LogP contribution in [0.1, 0.15) is 37.3 Å². The number of rotatable bonds is 4. The Hall–Kier alpha value is -3.39. The molecular weight excluding hydrogens is 452 g/mol. The molecule has 3 aromatic rings. The average molecular weight is 477 g/mol. The zero-order valence-corrected chi connectivity index (χ0v) is 19.8. The van der Waals surface area contributed by atoms with Crippen molar-refractivity contribution in [1.82, 2.24) is 4.98 Å². The van der Waals surface area contributed by atoms with Crippen molar-refractivity contribution in [1.29, 1.82) is 0 Å². The van der Waals surface area contributed by atoms with Gasteiger partial charge in [0.15, 0.2) is 28.2 Å². The summed E-state index contributed by atoms with van der Waals surface area (Å²) in [5.41, 5.74) is 1.99. The van der Waals surface area contributed by atoms with Crippen LogP contribution in [0, 0.1) is 5.92 Å². The van der Waals surface area contributed by atoms with Crippen molar-refractivity contribution in [2.45, 2.75) is 37.8 Å². The quantitative estimate of drug-likeness (QED) is 0.538. The molecule has 1 aromatic heterocycles. The third-order valence-corrected chi connectivity index (χ3v) is 8.01. The van der Waals surface area contributed by atoms with Crippen LogP contribution in [0.2, 0.25) is 0 Å².